The summed E-state index contributed by atoms with van der Waals surface area (Å²) in [7, 11) is 0. The molecule has 0 aliphatic carbocycles. The average molecular weight is 582 g/mol. The number of hydrogen-bond donors (Lipinski definition) is 2. The third kappa shape index (κ3) is 5.68. The number of ether oxygens (including phenoxy) is 2. The van der Waals surface area contributed by atoms with Crippen molar-refractivity contribution in [2.24, 2.45) is 0 Å². The number of carbonyl (C=O) groups excluding carboxylic acids is 4. The Balaban J connectivity index is 1.52. The fourth-order valence-corrected chi connectivity index (χ4v) is 4.90. The first kappa shape index (κ1) is 28.7. The first-order valence-electron chi connectivity index (χ1n) is 13.0. The second-order valence-corrected chi connectivity index (χ2v) is 9.62. The number of carbonyl (C=O) groups is 6. The summed E-state index contributed by atoms with van der Waals surface area (Å²) in [4.78, 5) is 78.4. The molecular weight excluding hydrogens is 558 g/mol. The van der Waals surface area contributed by atoms with Gasteiger partial charge in [-0.1, -0.05) is 60.7 Å². The predicted molar refractivity (Wildman–Crippen MR) is 149 cm³/mol. The van der Waals surface area contributed by atoms with E-state index in [1.807, 2.05) is 0 Å². The SMILES string of the molecule is O=C(C[C@@H](C(=O)OCc1ccccc1)N1C(=O)c2ccc(C(=O)O)c3c(C(=O)O)ccc(c23)C1=O)OCc1ccccc1. The molecule has 2 amide bonds. The summed E-state index contributed by atoms with van der Waals surface area (Å²) in [5.74, 6) is -6.91. The van der Waals surface area contributed by atoms with Gasteiger partial charge in [0.1, 0.15) is 19.3 Å². The van der Waals surface area contributed by atoms with Gasteiger partial charge >= 0.3 is 23.9 Å². The minimum Gasteiger partial charge on any atom is -0.478 e. The van der Waals surface area contributed by atoms with Crippen LogP contribution >= 0.6 is 0 Å². The van der Waals surface area contributed by atoms with E-state index < -0.39 is 59.3 Å². The maximum absolute atomic E-state index is 13.8. The smallest absolute Gasteiger partial charge is 0.336 e. The standard InChI is InChI=1S/C32H23NO10/c34-25(42-16-18-7-3-1-4-8-18)15-24(32(41)43-17-19-9-5-2-6-10-19)33-28(35)20-11-13-22(30(37)38)27-23(31(39)40)14-12-21(26(20)27)29(33)36/h1-14,24H,15-17H2,(H,37,38)(H,39,40)/t24-/m0/s1. The summed E-state index contributed by atoms with van der Waals surface area (Å²) < 4.78 is 10.7. The first-order chi connectivity index (χ1) is 20.7. The monoisotopic (exact) mass is 581 g/mol. The van der Waals surface area contributed by atoms with Crippen molar-refractivity contribution in [2.45, 2.75) is 25.7 Å². The summed E-state index contributed by atoms with van der Waals surface area (Å²) in [6.45, 7) is -0.326. The third-order valence-corrected chi connectivity index (χ3v) is 6.93. The lowest BCUT2D eigenvalue weighted by molar-refractivity contribution is -0.156. The molecule has 0 saturated carbocycles. The van der Waals surface area contributed by atoms with Gasteiger partial charge in [-0.15, -0.1) is 0 Å². The molecule has 5 rings (SSSR count). The molecule has 0 aromatic heterocycles. The van der Waals surface area contributed by atoms with Gasteiger partial charge in [-0.2, -0.15) is 0 Å². The number of carboxylic acid groups (broad SMARTS) is 2. The van der Waals surface area contributed by atoms with Gasteiger partial charge in [-0.3, -0.25) is 19.3 Å². The van der Waals surface area contributed by atoms with Crippen LogP contribution in [0.3, 0.4) is 0 Å². The molecule has 216 valence electrons. The first-order valence-corrected chi connectivity index (χ1v) is 13.0. The number of rotatable bonds is 10. The van der Waals surface area contributed by atoms with Gasteiger partial charge in [0.05, 0.1) is 17.5 Å². The van der Waals surface area contributed by atoms with Crippen LogP contribution in [0.5, 0.6) is 0 Å². The number of nitrogens with zero attached hydrogens (tertiary/aromatic N) is 1. The summed E-state index contributed by atoms with van der Waals surface area (Å²) >= 11 is 0. The van der Waals surface area contributed by atoms with Crippen LogP contribution in [-0.4, -0.2) is 56.8 Å². The van der Waals surface area contributed by atoms with E-state index >= 15 is 0 Å². The fourth-order valence-electron chi connectivity index (χ4n) is 4.90. The van der Waals surface area contributed by atoms with E-state index in [1.165, 1.54) is 0 Å². The van der Waals surface area contributed by atoms with Crippen molar-refractivity contribution in [2.75, 3.05) is 0 Å². The Hall–Kier alpha value is -5.84. The largest absolute Gasteiger partial charge is 0.478 e. The lowest BCUT2D eigenvalue weighted by Gasteiger charge is -2.32. The van der Waals surface area contributed by atoms with Crippen LogP contribution < -0.4 is 0 Å². The number of esters is 2. The van der Waals surface area contributed by atoms with E-state index in [-0.39, 0.29) is 35.1 Å². The molecule has 11 heteroatoms. The number of carboxylic acids is 2. The van der Waals surface area contributed by atoms with Gasteiger partial charge in [0.25, 0.3) is 11.8 Å². The molecule has 11 nitrogen and oxygen atoms in total. The Kier molecular flexibility index (Phi) is 7.97. The molecular formula is C32H23NO10. The summed E-state index contributed by atoms with van der Waals surface area (Å²) in [5.41, 5.74) is 0.0291. The highest BCUT2D eigenvalue weighted by molar-refractivity contribution is 6.30. The molecule has 0 saturated heterocycles. The number of amides is 2. The van der Waals surface area contributed by atoms with Crippen molar-refractivity contribution in [1.82, 2.24) is 4.90 Å². The highest BCUT2D eigenvalue weighted by Gasteiger charge is 2.43. The van der Waals surface area contributed by atoms with E-state index in [0.717, 1.165) is 24.3 Å². The zero-order valence-corrected chi connectivity index (χ0v) is 22.4. The van der Waals surface area contributed by atoms with Crippen molar-refractivity contribution in [3.63, 3.8) is 0 Å². The predicted octanol–water partition coefficient (Wildman–Crippen LogP) is 4.08. The zero-order valence-electron chi connectivity index (χ0n) is 22.4. The molecule has 0 unspecified atom stereocenters. The van der Waals surface area contributed by atoms with E-state index in [4.69, 9.17) is 9.47 Å². The highest BCUT2D eigenvalue weighted by Crippen LogP contribution is 2.36. The molecule has 1 heterocycles. The van der Waals surface area contributed by atoms with Gasteiger partial charge in [0.2, 0.25) is 0 Å². The number of aromatic carboxylic acids is 2. The minimum absolute atomic E-state index is 0.120. The molecule has 4 aromatic rings. The number of imide groups is 1. The molecule has 0 spiro atoms. The molecule has 43 heavy (non-hydrogen) atoms. The van der Waals surface area contributed by atoms with Crippen LogP contribution in [0.25, 0.3) is 10.8 Å². The van der Waals surface area contributed by atoms with Crippen molar-refractivity contribution in [3.05, 3.63) is 118 Å². The van der Waals surface area contributed by atoms with Gasteiger partial charge < -0.3 is 19.7 Å². The van der Waals surface area contributed by atoms with Crippen molar-refractivity contribution < 1.29 is 48.5 Å². The van der Waals surface area contributed by atoms with Gasteiger partial charge in [0.15, 0.2) is 0 Å². The maximum atomic E-state index is 13.8. The van der Waals surface area contributed by atoms with E-state index in [0.29, 0.717) is 16.0 Å². The van der Waals surface area contributed by atoms with Crippen molar-refractivity contribution >= 4 is 46.5 Å². The van der Waals surface area contributed by atoms with Crippen LogP contribution in [0.2, 0.25) is 0 Å². The zero-order chi connectivity index (χ0) is 30.7. The average Bonchev–Trinajstić information content (AvgIpc) is 3.01. The molecule has 0 fully saturated rings. The van der Waals surface area contributed by atoms with Crippen molar-refractivity contribution in [1.29, 1.82) is 0 Å². The third-order valence-electron chi connectivity index (χ3n) is 6.93. The number of benzene rings is 4. The van der Waals surface area contributed by atoms with Crippen LogP contribution in [0.1, 0.15) is 59.0 Å². The summed E-state index contributed by atoms with van der Waals surface area (Å²) in [6.07, 6.45) is -0.725. The van der Waals surface area contributed by atoms with Crippen molar-refractivity contribution in [3.8, 4) is 0 Å². The second kappa shape index (κ2) is 12.0. The van der Waals surface area contributed by atoms with Crippen LogP contribution in [-0.2, 0) is 32.3 Å². The maximum Gasteiger partial charge on any atom is 0.336 e. The minimum atomic E-state index is -1.74. The van der Waals surface area contributed by atoms with E-state index in [1.54, 1.807) is 60.7 Å². The second-order valence-electron chi connectivity index (χ2n) is 9.62. The Morgan fingerprint density at radius 2 is 1.09 bits per heavy atom. The molecule has 2 N–H and O–H groups in total. The Labute approximate surface area is 243 Å². The van der Waals surface area contributed by atoms with Crippen LogP contribution in [0.15, 0.2) is 84.9 Å². The van der Waals surface area contributed by atoms with Crippen LogP contribution in [0.4, 0.5) is 0 Å². The molecule has 1 atom stereocenters. The Morgan fingerprint density at radius 3 is 1.56 bits per heavy atom. The topological polar surface area (TPSA) is 165 Å². The summed E-state index contributed by atoms with van der Waals surface area (Å²) in [6, 6.07) is 20.0. The van der Waals surface area contributed by atoms with Gasteiger partial charge in [0, 0.05) is 21.9 Å². The summed E-state index contributed by atoms with van der Waals surface area (Å²) in [5, 5.41) is 18.9. The molecule has 1 aliphatic heterocycles. The fraction of sp³-hybridized carbons (Fsp3) is 0.125. The quantitative estimate of drug-likeness (QED) is 0.206. The van der Waals surface area contributed by atoms with Crippen LogP contribution in [0, 0.1) is 0 Å². The van der Waals surface area contributed by atoms with Gasteiger partial charge in [-0.25, -0.2) is 14.4 Å². The molecule has 0 bridgehead atoms. The Morgan fingerprint density at radius 1 is 0.628 bits per heavy atom. The molecule has 1 aliphatic rings. The van der Waals surface area contributed by atoms with E-state index in [2.05, 4.69) is 0 Å². The van der Waals surface area contributed by atoms with Gasteiger partial charge in [-0.05, 0) is 35.4 Å². The number of hydrogen-bond acceptors (Lipinski definition) is 8. The van der Waals surface area contributed by atoms with E-state index in [9.17, 15) is 39.0 Å². The normalized spacial score (nSPS) is 13.0. The Bertz CT molecular complexity index is 1710. The molecule has 0 radical (unpaired) electrons. The highest BCUT2D eigenvalue weighted by atomic mass is 16.5. The lowest BCUT2D eigenvalue weighted by atomic mass is 9.87. The lowest BCUT2D eigenvalue weighted by Crippen LogP contribution is -2.52. The molecule has 4 aromatic carbocycles.